The Bertz CT molecular complexity index is 398. The van der Waals surface area contributed by atoms with Crippen LogP contribution in [0.5, 0.6) is 0 Å². The summed E-state index contributed by atoms with van der Waals surface area (Å²) >= 11 is 6.03. The van der Waals surface area contributed by atoms with Gasteiger partial charge in [0.25, 0.3) is 0 Å². The van der Waals surface area contributed by atoms with Crippen molar-refractivity contribution < 1.29 is 4.39 Å². The van der Waals surface area contributed by atoms with E-state index in [1.165, 1.54) is 6.07 Å². The molecule has 0 bridgehead atoms. The Morgan fingerprint density at radius 2 is 2.00 bits per heavy atom. The molecule has 3 heteroatoms. The zero-order valence-corrected chi connectivity index (χ0v) is 13.1. The molecule has 0 fully saturated rings. The molecule has 1 unspecified atom stereocenters. The molecule has 0 saturated carbocycles. The van der Waals surface area contributed by atoms with E-state index in [1.807, 2.05) is 6.07 Å². The van der Waals surface area contributed by atoms with Crippen LogP contribution in [0, 0.1) is 11.7 Å². The van der Waals surface area contributed by atoms with Crippen LogP contribution < -0.4 is 5.32 Å². The molecule has 0 amide bonds. The lowest BCUT2D eigenvalue weighted by atomic mass is 9.94. The summed E-state index contributed by atoms with van der Waals surface area (Å²) in [5.74, 6) is 0.168. The SMILES string of the molecule is CCCC(CNC(C)(C)C)Cc1cccc(F)c1Cl. The number of hydrogen-bond donors (Lipinski definition) is 1. The fourth-order valence-electron chi connectivity index (χ4n) is 2.15. The largest absolute Gasteiger partial charge is 0.312 e. The van der Waals surface area contributed by atoms with Crippen molar-refractivity contribution in [1.82, 2.24) is 5.32 Å². The van der Waals surface area contributed by atoms with Crippen molar-refractivity contribution in [2.45, 2.75) is 52.5 Å². The van der Waals surface area contributed by atoms with Gasteiger partial charge in [0.2, 0.25) is 0 Å². The zero-order valence-electron chi connectivity index (χ0n) is 12.4. The summed E-state index contributed by atoms with van der Waals surface area (Å²) in [6, 6.07) is 5.07. The van der Waals surface area contributed by atoms with Crippen LogP contribution in [-0.4, -0.2) is 12.1 Å². The number of benzene rings is 1. The Labute approximate surface area is 121 Å². The fourth-order valence-corrected chi connectivity index (χ4v) is 2.36. The lowest BCUT2D eigenvalue weighted by molar-refractivity contribution is 0.354. The molecular formula is C16H25ClFN. The summed E-state index contributed by atoms with van der Waals surface area (Å²) in [5.41, 5.74) is 1.02. The predicted octanol–water partition coefficient (Wildman–Crippen LogP) is 4.83. The van der Waals surface area contributed by atoms with Crippen molar-refractivity contribution in [2.24, 2.45) is 5.92 Å². The first-order valence-electron chi connectivity index (χ1n) is 7.01. The molecule has 1 aromatic rings. The van der Waals surface area contributed by atoms with Crippen LogP contribution in [0.1, 0.15) is 46.1 Å². The van der Waals surface area contributed by atoms with Gasteiger partial charge in [-0.2, -0.15) is 0 Å². The minimum absolute atomic E-state index is 0.109. The first-order chi connectivity index (χ1) is 8.83. The van der Waals surface area contributed by atoms with Crippen molar-refractivity contribution >= 4 is 11.6 Å². The highest BCUT2D eigenvalue weighted by Gasteiger charge is 2.16. The highest BCUT2D eigenvalue weighted by Crippen LogP contribution is 2.24. The van der Waals surface area contributed by atoms with Crippen molar-refractivity contribution in [3.8, 4) is 0 Å². The van der Waals surface area contributed by atoms with Crippen LogP contribution >= 0.6 is 11.6 Å². The fraction of sp³-hybridized carbons (Fsp3) is 0.625. The van der Waals surface area contributed by atoms with Crippen molar-refractivity contribution in [3.63, 3.8) is 0 Å². The summed E-state index contributed by atoms with van der Waals surface area (Å²) in [4.78, 5) is 0. The van der Waals surface area contributed by atoms with Crippen LogP contribution in [0.25, 0.3) is 0 Å². The number of halogens is 2. The molecule has 0 saturated heterocycles. The summed E-state index contributed by atoms with van der Waals surface area (Å²) < 4.78 is 13.4. The Morgan fingerprint density at radius 1 is 1.32 bits per heavy atom. The van der Waals surface area contributed by atoms with Crippen LogP contribution in [0.4, 0.5) is 4.39 Å². The minimum Gasteiger partial charge on any atom is -0.312 e. The van der Waals surface area contributed by atoms with Gasteiger partial charge in [-0.25, -0.2) is 4.39 Å². The van der Waals surface area contributed by atoms with Crippen LogP contribution in [0.15, 0.2) is 18.2 Å². The lowest BCUT2D eigenvalue weighted by Gasteiger charge is -2.25. The van der Waals surface area contributed by atoms with Crippen LogP contribution in [-0.2, 0) is 6.42 Å². The van der Waals surface area contributed by atoms with Gasteiger partial charge in [-0.15, -0.1) is 0 Å². The van der Waals surface area contributed by atoms with Gasteiger partial charge in [0, 0.05) is 5.54 Å². The third-order valence-corrected chi connectivity index (χ3v) is 3.58. The maximum atomic E-state index is 13.4. The van der Waals surface area contributed by atoms with Gasteiger partial charge in [0.15, 0.2) is 0 Å². The Morgan fingerprint density at radius 3 is 2.58 bits per heavy atom. The van der Waals surface area contributed by atoms with Gasteiger partial charge < -0.3 is 5.32 Å². The molecule has 1 atom stereocenters. The molecule has 1 rings (SSSR count). The zero-order chi connectivity index (χ0) is 14.5. The third-order valence-electron chi connectivity index (χ3n) is 3.16. The average molecular weight is 286 g/mol. The molecule has 108 valence electrons. The monoisotopic (exact) mass is 285 g/mol. The topological polar surface area (TPSA) is 12.0 Å². The highest BCUT2D eigenvalue weighted by molar-refractivity contribution is 6.31. The van der Waals surface area contributed by atoms with E-state index in [0.717, 1.165) is 31.4 Å². The second-order valence-corrected chi connectivity index (χ2v) is 6.58. The van der Waals surface area contributed by atoms with Gasteiger partial charge in [0.1, 0.15) is 5.82 Å². The summed E-state index contributed by atoms with van der Waals surface area (Å²) in [7, 11) is 0. The standard InChI is InChI=1S/C16H25ClFN/c1-5-7-12(11-19-16(2,3)4)10-13-8-6-9-14(18)15(13)17/h6,8-9,12,19H,5,7,10-11H2,1-4H3. The Hall–Kier alpha value is -0.600. The number of rotatable bonds is 6. The molecule has 1 N–H and O–H groups in total. The predicted molar refractivity (Wildman–Crippen MR) is 81.3 cm³/mol. The first kappa shape index (κ1) is 16.5. The molecule has 19 heavy (non-hydrogen) atoms. The third kappa shape index (κ3) is 5.92. The summed E-state index contributed by atoms with van der Waals surface area (Å²) in [5, 5.41) is 3.80. The van der Waals surface area contributed by atoms with E-state index >= 15 is 0 Å². The van der Waals surface area contributed by atoms with E-state index in [4.69, 9.17) is 11.6 Å². The molecule has 0 aliphatic carbocycles. The van der Waals surface area contributed by atoms with Gasteiger partial charge in [0.05, 0.1) is 5.02 Å². The second-order valence-electron chi connectivity index (χ2n) is 6.20. The molecule has 0 aliphatic heterocycles. The molecule has 1 nitrogen and oxygen atoms in total. The molecule has 0 aromatic heterocycles. The lowest BCUT2D eigenvalue weighted by Crippen LogP contribution is -2.39. The quantitative estimate of drug-likeness (QED) is 0.790. The van der Waals surface area contributed by atoms with E-state index in [1.54, 1.807) is 6.07 Å². The van der Waals surface area contributed by atoms with Crippen LogP contribution in [0.3, 0.4) is 0 Å². The molecule has 0 spiro atoms. The van der Waals surface area contributed by atoms with E-state index in [0.29, 0.717) is 5.92 Å². The van der Waals surface area contributed by atoms with Crippen molar-refractivity contribution in [1.29, 1.82) is 0 Å². The summed E-state index contributed by atoms with van der Waals surface area (Å²) in [6.45, 7) is 9.59. The van der Waals surface area contributed by atoms with Gasteiger partial charge in [-0.1, -0.05) is 37.1 Å². The van der Waals surface area contributed by atoms with Crippen molar-refractivity contribution in [3.05, 3.63) is 34.6 Å². The van der Waals surface area contributed by atoms with E-state index in [9.17, 15) is 4.39 Å². The van der Waals surface area contributed by atoms with E-state index in [2.05, 4.69) is 33.0 Å². The molecule has 0 aliphatic rings. The second kappa shape index (κ2) is 7.25. The Balaban J connectivity index is 2.70. The normalized spacial score (nSPS) is 13.6. The number of nitrogens with one attached hydrogen (secondary N) is 1. The van der Waals surface area contributed by atoms with E-state index < -0.39 is 0 Å². The van der Waals surface area contributed by atoms with E-state index in [-0.39, 0.29) is 16.4 Å². The minimum atomic E-state index is -0.321. The van der Waals surface area contributed by atoms with Crippen LogP contribution in [0.2, 0.25) is 5.02 Å². The number of hydrogen-bond acceptors (Lipinski definition) is 1. The molecular weight excluding hydrogens is 261 g/mol. The Kier molecular flexibility index (Phi) is 6.28. The molecule has 0 heterocycles. The van der Waals surface area contributed by atoms with Gasteiger partial charge >= 0.3 is 0 Å². The first-order valence-corrected chi connectivity index (χ1v) is 7.39. The maximum absolute atomic E-state index is 13.4. The molecule has 0 radical (unpaired) electrons. The highest BCUT2D eigenvalue weighted by atomic mass is 35.5. The van der Waals surface area contributed by atoms with Gasteiger partial charge in [-0.05, 0) is 57.7 Å². The van der Waals surface area contributed by atoms with Crippen molar-refractivity contribution in [2.75, 3.05) is 6.54 Å². The molecule has 1 aromatic carbocycles. The average Bonchev–Trinajstić information content (AvgIpc) is 2.31. The smallest absolute Gasteiger partial charge is 0.142 e. The summed E-state index contributed by atoms with van der Waals surface area (Å²) in [6.07, 6.45) is 3.08. The maximum Gasteiger partial charge on any atom is 0.142 e. The van der Waals surface area contributed by atoms with Gasteiger partial charge in [-0.3, -0.25) is 0 Å².